The van der Waals surface area contributed by atoms with Crippen molar-refractivity contribution in [2.24, 2.45) is 5.73 Å². The van der Waals surface area contributed by atoms with Crippen molar-refractivity contribution in [2.75, 3.05) is 0 Å². The minimum absolute atomic E-state index is 0.247. The van der Waals surface area contributed by atoms with Crippen molar-refractivity contribution in [1.82, 2.24) is 0 Å². The van der Waals surface area contributed by atoms with Gasteiger partial charge < -0.3 is 5.73 Å². The van der Waals surface area contributed by atoms with E-state index in [0.717, 1.165) is 11.1 Å². The van der Waals surface area contributed by atoms with Gasteiger partial charge in [0.15, 0.2) is 0 Å². The van der Waals surface area contributed by atoms with Gasteiger partial charge in [-0.1, -0.05) is 29.8 Å². The number of benzene rings is 2. The highest BCUT2D eigenvalue weighted by Crippen LogP contribution is 2.22. The summed E-state index contributed by atoms with van der Waals surface area (Å²) in [6, 6.07) is 13.3. The van der Waals surface area contributed by atoms with Crippen molar-refractivity contribution in [3.63, 3.8) is 0 Å². The Morgan fingerprint density at radius 1 is 1.05 bits per heavy atom. The second kappa shape index (κ2) is 6.29. The molecule has 0 saturated heterocycles. The van der Waals surface area contributed by atoms with Crippen LogP contribution in [-0.2, 0) is 10.8 Å². The van der Waals surface area contributed by atoms with Crippen molar-refractivity contribution in [3.8, 4) is 0 Å². The highest BCUT2D eigenvalue weighted by Gasteiger charge is 2.22. The zero-order valence-electron chi connectivity index (χ0n) is 11.5. The first kappa shape index (κ1) is 14.9. The third kappa shape index (κ3) is 3.32. The molecule has 4 heteroatoms. The van der Waals surface area contributed by atoms with Gasteiger partial charge >= 0.3 is 0 Å². The molecular formula is C16H18FNOS. The standard InChI is InChI=1S/C16H18FNOS/c1-11-3-5-13(6-4-11)16(18)12(2)20(19)15-9-7-14(17)8-10-15/h3-10,12,16H,18H2,1-2H3. The zero-order valence-corrected chi connectivity index (χ0v) is 12.4. The molecule has 0 fully saturated rings. The van der Waals surface area contributed by atoms with Gasteiger partial charge in [0.05, 0.1) is 16.0 Å². The maximum absolute atomic E-state index is 12.9. The molecule has 2 aromatic carbocycles. The Hall–Kier alpha value is -1.52. The minimum Gasteiger partial charge on any atom is -0.323 e. The molecular weight excluding hydrogens is 273 g/mol. The third-order valence-electron chi connectivity index (χ3n) is 3.35. The largest absolute Gasteiger partial charge is 0.323 e. The van der Waals surface area contributed by atoms with Crippen LogP contribution in [-0.4, -0.2) is 9.46 Å². The van der Waals surface area contributed by atoms with E-state index in [0.29, 0.717) is 4.90 Å². The lowest BCUT2D eigenvalue weighted by Gasteiger charge is -2.20. The van der Waals surface area contributed by atoms with Gasteiger partial charge in [-0.3, -0.25) is 4.21 Å². The fourth-order valence-corrected chi connectivity index (χ4v) is 3.23. The van der Waals surface area contributed by atoms with E-state index in [1.54, 1.807) is 12.1 Å². The van der Waals surface area contributed by atoms with E-state index in [-0.39, 0.29) is 17.1 Å². The zero-order chi connectivity index (χ0) is 14.7. The Morgan fingerprint density at radius 3 is 2.15 bits per heavy atom. The molecule has 106 valence electrons. The van der Waals surface area contributed by atoms with Gasteiger partial charge in [0.1, 0.15) is 5.82 Å². The molecule has 2 rings (SSSR count). The maximum Gasteiger partial charge on any atom is 0.123 e. The quantitative estimate of drug-likeness (QED) is 0.939. The number of aryl methyl sites for hydroxylation is 1. The molecule has 2 N–H and O–H groups in total. The molecule has 0 bridgehead atoms. The fourth-order valence-electron chi connectivity index (χ4n) is 1.98. The summed E-state index contributed by atoms with van der Waals surface area (Å²) < 4.78 is 25.3. The van der Waals surface area contributed by atoms with Gasteiger partial charge in [-0.05, 0) is 43.7 Å². The average molecular weight is 291 g/mol. The van der Waals surface area contributed by atoms with E-state index in [9.17, 15) is 8.60 Å². The Kier molecular flexibility index (Phi) is 4.68. The molecule has 0 spiro atoms. The maximum atomic E-state index is 12.9. The molecule has 0 aliphatic rings. The van der Waals surface area contributed by atoms with E-state index in [4.69, 9.17) is 5.73 Å². The number of hydrogen-bond acceptors (Lipinski definition) is 2. The van der Waals surface area contributed by atoms with Crippen LogP contribution in [0.3, 0.4) is 0 Å². The average Bonchev–Trinajstić information content (AvgIpc) is 2.46. The number of halogens is 1. The van der Waals surface area contributed by atoms with E-state index in [1.165, 1.54) is 12.1 Å². The molecule has 2 nitrogen and oxygen atoms in total. The predicted molar refractivity (Wildman–Crippen MR) is 80.4 cm³/mol. The number of nitrogens with two attached hydrogens (primary N) is 1. The summed E-state index contributed by atoms with van der Waals surface area (Å²) in [7, 11) is -1.26. The molecule has 2 aromatic rings. The summed E-state index contributed by atoms with van der Waals surface area (Å²) in [6.07, 6.45) is 0. The normalized spacial score (nSPS) is 15.6. The molecule has 0 aliphatic carbocycles. The lowest BCUT2D eigenvalue weighted by molar-refractivity contribution is 0.624. The first-order chi connectivity index (χ1) is 9.49. The van der Waals surface area contributed by atoms with E-state index < -0.39 is 10.8 Å². The van der Waals surface area contributed by atoms with Crippen LogP contribution in [0.1, 0.15) is 24.1 Å². The molecule has 3 unspecified atom stereocenters. The Labute approximate surface area is 121 Å². The van der Waals surface area contributed by atoms with Gasteiger partial charge in [0.25, 0.3) is 0 Å². The summed E-state index contributed by atoms with van der Waals surface area (Å²) in [5.41, 5.74) is 8.31. The smallest absolute Gasteiger partial charge is 0.123 e. The Bertz CT molecular complexity index is 595. The van der Waals surface area contributed by atoms with E-state index in [1.807, 2.05) is 38.1 Å². The summed E-state index contributed by atoms with van der Waals surface area (Å²) in [5, 5.41) is -0.247. The van der Waals surface area contributed by atoms with Crippen LogP contribution >= 0.6 is 0 Å². The lowest BCUT2D eigenvalue weighted by atomic mass is 10.0. The molecule has 0 aromatic heterocycles. The highest BCUT2D eigenvalue weighted by atomic mass is 32.2. The van der Waals surface area contributed by atoms with E-state index >= 15 is 0 Å². The van der Waals surface area contributed by atoms with Crippen LogP contribution in [0.4, 0.5) is 4.39 Å². The topological polar surface area (TPSA) is 43.1 Å². The Balaban J connectivity index is 2.17. The van der Waals surface area contributed by atoms with Crippen molar-refractivity contribution in [3.05, 3.63) is 65.5 Å². The monoisotopic (exact) mass is 291 g/mol. The third-order valence-corrected chi connectivity index (χ3v) is 5.06. The van der Waals surface area contributed by atoms with Gasteiger partial charge in [-0.25, -0.2) is 4.39 Å². The molecule has 0 aliphatic heterocycles. The van der Waals surface area contributed by atoms with Crippen LogP contribution in [0.15, 0.2) is 53.4 Å². The van der Waals surface area contributed by atoms with Crippen LogP contribution in [0.5, 0.6) is 0 Å². The van der Waals surface area contributed by atoms with Gasteiger partial charge in [-0.2, -0.15) is 0 Å². The Morgan fingerprint density at radius 2 is 1.60 bits per heavy atom. The van der Waals surface area contributed by atoms with Crippen LogP contribution in [0.2, 0.25) is 0 Å². The van der Waals surface area contributed by atoms with Crippen LogP contribution in [0, 0.1) is 12.7 Å². The molecule has 0 saturated carbocycles. The summed E-state index contributed by atoms with van der Waals surface area (Å²) >= 11 is 0. The second-order valence-corrected chi connectivity index (χ2v) is 6.70. The fraction of sp³-hybridized carbons (Fsp3) is 0.250. The number of rotatable bonds is 4. The van der Waals surface area contributed by atoms with Crippen molar-refractivity contribution in [2.45, 2.75) is 30.0 Å². The SMILES string of the molecule is Cc1ccc(C(N)C(C)S(=O)c2ccc(F)cc2)cc1. The second-order valence-electron chi connectivity index (χ2n) is 4.89. The first-order valence-electron chi connectivity index (χ1n) is 6.47. The number of hydrogen-bond donors (Lipinski definition) is 1. The van der Waals surface area contributed by atoms with Gasteiger partial charge in [-0.15, -0.1) is 0 Å². The molecule has 0 amide bonds. The minimum atomic E-state index is -1.26. The molecule has 20 heavy (non-hydrogen) atoms. The summed E-state index contributed by atoms with van der Waals surface area (Å²) in [6.45, 7) is 3.86. The molecule has 0 heterocycles. The van der Waals surface area contributed by atoms with Gasteiger partial charge in [0.2, 0.25) is 0 Å². The highest BCUT2D eigenvalue weighted by molar-refractivity contribution is 7.85. The van der Waals surface area contributed by atoms with Crippen LogP contribution < -0.4 is 5.73 Å². The first-order valence-corrected chi connectivity index (χ1v) is 7.68. The molecule has 3 atom stereocenters. The van der Waals surface area contributed by atoms with E-state index in [2.05, 4.69) is 0 Å². The predicted octanol–water partition coefficient (Wildman–Crippen LogP) is 3.33. The molecule has 0 radical (unpaired) electrons. The summed E-state index contributed by atoms with van der Waals surface area (Å²) in [4.78, 5) is 0.599. The summed E-state index contributed by atoms with van der Waals surface area (Å²) in [5.74, 6) is -0.332. The lowest BCUT2D eigenvalue weighted by Crippen LogP contribution is -2.27. The van der Waals surface area contributed by atoms with Crippen LogP contribution in [0.25, 0.3) is 0 Å². The van der Waals surface area contributed by atoms with Crippen molar-refractivity contribution >= 4 is 10.8 Å². The van der Waals surface area contributed by atoms with Gasteiger partial charge in [0, 0.05) is 10.9 Å². The van der Waals surface area contributed by atoms with Crippen molar-refractivity contribution in [1.29, 1.82) is 0 Å². The van der Waals surface area contributed by atoms with Crippen molar-refractivity contribution < 1.29 is 8.60 Å².